The summed E-state index contributed by atoms with van der Waals surface area (Å²) in [6.45, 7) is 10.7. The van der Waals surface area contributed by atoms with Gasteiger partial charge in [0, 0.05) is 84.2 Å². The lowest BCUT2D eigenvalue weighted by molar-refractivity contribution is -0.193. The van der Waals surface area contributed by atoms with Gasteiger partial charge in [0.05, 0.1) is 49.6 Å². The lowest BCUT2D eigenvalue weighted by atomic mass is 9.78. The molecule has 2 fully saturated rings. The number of para-hydroxylation sites is 1. The second-order valence-corrected chi connectivity index (χ2v) is 20.0. The molecule has 0 saturated carbocycles. The highest BCUT2D eigenvalue weighted by atomic mass is 32.2. The number of hydrogen-bond donors (Lipinski definition) is 5. The van der Waals surface area contributed by atoms with Crippen LogP contribution in [-0.4, -0.2) is 135 Å². The van der Waals surface area contributed by atoms with E-state index in [9.17, 15) is 19.2 Å². The predicted octanol–water partition coefficient (Wildman–Crippen LogP) is 5.86. The van der Waals surface area contributed by atoms with Crippen molar-refractivity contribution in [1.82, 2.24) is 31.2 Å². The summed E-state index contributed by atoms with van der Waals surface area (Å²) in [5, 5.41) is 13.5. The smallest absolute Gasteiger partial charge is 0.373 e. The molecule has 5 N–H and O–H groups in total. The second-order valence-electron chi connectivity index (χ2n) is 18.7. The van der Waals surface area contributed by atoms with Gasteiger partial charge in [-0.1, -0.05) is 55.0 Å². The monoisotopic (exact) mass is 1060 g/mol. The zero-order chi connectivity index (χ0) is 54.3. The average molecular weight is 1070 g/mol. The molecule has 5 heterocycles. The van der Waals surface area contributed by atoms with Crippen molar-refractivity contribution in [3.63, 3.8) is 0 Å². The van der Waals surface area contributed by atoms with E-state index >= 15 is 0 Å². The minimum Gasteiger partial charge on any atom is -0.488 e. The van der Waals surface area contributed by atoms with Gasteiger partial charge in [0.15, 0.2) is 12.4 Å². The quantitative estimate of drug-likeness (QED) is 0.0267. The molecular weight excluding hydrogens is 997 g/mol. The SMILES string of the molecule is CC1=CC(C(=O)c2ccc(OCc3ccccc3)c(C)c2OCC(=O)NCCCOCCOCCOCCCNC(=O)CCCC[C@@H]2SC[C@@H]3NC(=O)N[C@@H]32)=CN2CCc3c([nH]c4ccccc34)C12C.O=C=O.O=C=O. The van der Waals surface area contributed by atoms with Crippen molar-refractivity contribution in [2.45, 2.75) is 95.2 Å². The topological polar surface area (TPSA) is 250 Å². The molecule has 4 aliphatic rings. The zero-order valence-electron chi connectivity index (χ0n) is 43.3. The number of urea groups is 1. The molecule has 8 rings (SSSR count). The van der Waals surface area contributed by atoms with Gasteiger partial charge < -0.3 is 54.8 Å². The number of carbonyl (C=O) groups excluding carboxylic acids is 8. The van der Waals surface area contributed by atoms with Crippen molar-refractivity contribution in [2.75, 3.05) is 71.6 Å². The average Bonchev–Trinajstić information content (AvgIpc) is 4.16. The summed E-state index contributed by atoms with van der Waals surface area (Å²) in [4.78, 5) is 89.8. The number of H-pyrrole nitrogens is 1. The molecule has 2 saturated heterocycles. The Morgan fingerprint density at radius 3 is 2.16 bits per heavy atom. The number of aromatic nitrogens is 1. The van der Waals surface area contributed by atoms with Crippen LogP contribution in [0.3, 0.4) is 0 Å². The molecule has 19 nitrogen and oxygen atoms in total. The van der Waals surface area contributed by atoms with Crippen LogP contribution in [-0.2, 0) is 61.5 Å². The number of thioether (sulfide) groups is 1. The summed E-state index contributed by atoms with van der Waals surface area (Å²) in [7, 11) is 0. The number of ether oxygens (including phenoxy) is 5. The molecule has 4 aromatic rings. The normalized spacial score (nSPS) is 18.8. The van der Waals surface area contributed by atoms with Crippen LogP contribution in [0.15, 0.2) is 90.2 Å². The standard InChI is InChI=1S/C54H68N6O9S.2CO2/c1-36-31-39(32-60-24-21-41-40-15-7-8-16-43(40)57-52(41)54(36,60)3)50(63)42-19-20-45(68-33-38-13-5-4-6-14-38)37(2)51(42)69-34-48(62)56-23-12-26-66-28-30-67-29-27-65-25-11-22-55-47(61)18-10-9-17-46-49-44(35-70-46)58-53(64)59-49;2*2-1-3/h4-8,13-16,19-20,31-32,44,46,49,57H,9-12,17-18,21-30,33-35H2,1-3H3,(H,55,61)(H,56,62)(H2,58,59,64);;/t44-,46-,49-,54?;;/m0../s1. The van der Waals surface area contributed by atoms with E-state index in [1.807, 2.05) is 67.4 Å². The molecule has 0 bridgehead atoms. The van der Waals surface area contributed by atoms with Gasteiger partial charge in [-0.05, 0) is 93.9 Å². The number of benzene rings is 3. The third-order valence-corrected chi connectivity index (χ3v) is 15.3. The van der Waals surface area contributed by atoms with Gasteiger partial charge in [-0.15, -0.1) is 0 Å². The minimum atomic E-state index is -0.435. The van der Waals surface area contributed by atoms with Crippen LogP contribution in [0.4, 0.5) is 4.79 Å². The molecule has 0 aliphatic carbocycles. The molecule has 20 heteroatoms. The fourth-order valence-electron chi connectivity index (χ4n) is 9.78. The number of carbonyl (C=O) groups is 4. The molecule has 4 atom stereocenters. The van der Waals surface area contributed by atoms with Crippen molar-refractivity contribution in [3.05, 3.63) is 118 Å². The van der Waals surface area contributed by atoms with Crippen LogP contribution < -0.4 is 30.7 Å². The molecule has 76 heavy (non-hydrogen) atoms. The van der Waals surface area contributed by atoms with Crippen LogP contribution in [0.2, 0.25) is 0 Å². The Morgan fingerprint density at radius 1 is 0.789 bits per heavy atom. The Hall–Kier alpha value is -7.05. The summed E-state index contributed by atoms with van der Waals surface area (Å²) in [6.07, 6.45) is 9.96. The van der Waals surface area contributed by atoms with Crippen LogP contribution >= 0.6 is 11.8 Å². The summed E-state index contributed by atoms with van der Waals surface area (Å²) in [6, 6.07) is 22.2. The van der Waals surface area contributed by atoms with Crippen LogP contribution in [0, 0.1) is 6.92 Å². The number of Topliss-reactive ketones (excluding diaryl/α,β-unsaturated/α-hetero) is 1. The molecule has 0 radical (unpaired) electrons. The number of hydrogen-bond acceptors (Lipinski definition) is 15. The van der Waals surface area contributed by atoms with Gasteiger partial charge in [-0.3, -0.25) is 14.4 Å². The van der Waals surface area contributed by atoms with Crippen molar-refractivity contribution >= 4 is 58.6 Å². The molecule has 1 aromatic heterocycles. The maximum atomic E-state index is 14.5. The number of fused-ring (bicyclic) bond motifs is 6. The van der Waals surface area contributed by atoms with E-state index in [0.29, 0.717) is 106 Å². The van der Waals surface area contributed by atoms with Gasteiger partial charge in [-0.25, -0.2) is 4.79 Å². The molecule has 406 valence electrons. The highest BCUT2D eigenvalue weighted by Crippen LogP contribution is 2.46. The van der Waals surface area contributed by atoms with E-state index in [1.54, 1.807) is 12.1 Å². The van der Waals surface area contributed by atoms with Crippen LogP contribution in [0.1, 0.15) is 85.1 Å². The molecule has 4 aliphatic heterocycles. The number of nitrogens with zero attached hydrogens (tertiary/aromatic N) is 1. The maximum Gasteiger partial charge on any atom is 0.373 e. The highest BCUT2D eigenvalue weighted by Gasteiger charge is 2.44. The lowest BCUT2D eigenvalue weighted by Crippen LogP contribution is -2.48. The van der Waals surface area contributed by atoms with Crippen molar-refractivity contribution in [3.8, 4) is 11.5 Å². The Bertz CT molecular complexity index is 2720. The second kappa shape index (κ2) is 29.9. The Morgan fingerprint density at radius 2 is 1.45 bits per heavy atom. The van der Waals surface area contributed by atoms with E-state index in [1.165, 1.54) is 10.9 Å². The van der Waals surface area contributed by atoms with E-state index in [4.69, 9.17) is 42.9 Å². The number of amides is 4. The number of unbranched alkanes of at least 4 members (excludes halogenated alkanes) is 1. The Kier molecular flexibility index (Phi) is 22.9. The van der Waals surface area contributed by atoms with E-state index in [-0.39, 0.29) is 54.6 Å². The first-order chi connectivity index (χ1) is 36.9. The molecule has 3 aromatic carbocycles. The van der Waals surface area contributed by atoms with Gasteiger partial charge in [0.25, 0.3) is 5.91 Å². The largest absolute Gasteiger partial charge is 0.488 e. The first-order valence-corrected chi connectivity index (χ1v) is 26.7. The van der Waals surface area contributed by atoms with Crippen molar-refractivity contribution in [1.29, 1.82) is 0 Å². The molecule has 1 unspecified atom stereocenters. The number of ketones is 1. The highest BCUT2D eigenvalue weighted by molar-refractivity contribution is 8.00. The summed E-state index contributed by atoms with van der Waals surface area (Å²) in [5.74, 6) is 1.39. The number of aromatic amines is 1. The Labute approximate surface area is 446 Å². The molecular formula is C56H68N6O13S. The summed E-state index contributed by atoms with van der Waals surface area (Å²) in [5.41, 5.74) is 6.76. The zero-order valence-corrected chi connectivity index (χ0v) is 44.2. The first kappa shape index (κ1) is 58.2. The van der Waals surface area contributed by atoms with Crippen LogP contribution in [0.25, 0.3) is 10.9 Å². The number of nitrogens with one attached hydrogen (secondary N) is 5. The lowest BCUT2D eigenvalue weighted by Gasteiger charge is -2.47. The van der Waals surface area contributed by atoms with E-state index in [2.05, 4.69) is 63.2 Å². The molecule has 4 amide bonds. The van der Waals surface area contributed by atoms with Crippen LogP contribution in [0.5, 0.6) is 11.5 Å². The van der Waals surface area contributed by atoms with E-state index < -0.39 is 5.54 Å². The fraction of sp³-hybridized carbons (Fsp3) is 0.464. The molecule has 0 spiro atoms. The number of allylic oxidation sites excluding steroid dienone is 2. The van der Waals surface area contributed by atoms with Crippen molar-refractivity contribution < 1.29 is 62.0 Å². The fourth-order valence-corrected chi connectivity index (χ4v) is 11.3. The van der Waals surface area contributed by atoms with Gasteiger partial charge >= 0.3 is 18.3 Å². The third-order valence-electron chi connectivity index (χ3n) is 13.8. The Balaban J connectivity index is 0.00000149. The number of rotatable bonds is 27. The summed E-state index contributed by atoms with van der Waals surface area (Å²) < 4.78 is 29.4. The third kappa shape index (κ3) is 15.8. The minimum absolute atomic E-state index is 0.0611. The first-order valence-electron chi connectivity index (χ1n) is 25.6. The van der Waals surface area contributed by atoms with E-state index in [0.717, 1.165) is 66.7 Å². The summed E-state index contributed by atoms with van der Waals surface area (Å²) >= 11 is 1.90. The van der Waals surface area contributed by atoms with Gasteiger partial charge in [0.1, 0.15) is 18.1 Å². The van der Waals surface area contributed by atoms with Gasteiger partial charge in [-0.2, -0.15) is 30.9 Å². The van der Waals surface area contributed by atoms with Gasteiger partial charge in [0.2, 0.25) is 5.91 Å². The maximum absolute atomic E-state index is 14.5. The predicted molar refractivity (Wildman–Crippen MR) is 281 cm³/mol. The van der Waals surface area contributed by atoms with Crippen molar-refractivity contribution in [2.24, 2.45) is 0 Å².